The molecule has 2 aliphatic rings. The van der Waals surface area contributed by atoms with Crippen LogP contribution in [0.3, 0.4) is 0 Å². The van der Waals surface area contributed by atoms with Crippen LogP contribution in [-0.4, -0.2) is 51.5 Å². The second-order valence-corrected chi connectivity index (χ2v) is 6.95. The molecule has 0 aromatic carbocycles. The van der Waals surface area contributed by atoms with Crippen LogP contribution in [0.15, 0.2) is 4.52 Å². The summed E-state index contributed by atoms with van der Waals surface area (Å²) in [6, 6.07) is 0.161. The average Bonchev–Trinajstić information content (AvgIpc) is 3.10. The van der Waals surface area contributed by atoms with Crippen molar-refractivity contribution in [2.24, 2.45) is 5.41 Å². The van der Waals surface area contributed by atoms with Crippen molar-refractivity contribution in [2.75, 3.05) is 19.6 Å². The van der Waals surface area contributed by atoms with E-state index in [0.717, 1.165) is 25.8 Å². The molecule has 0 bridgehead atoms. The first-order chi connectivity index (χ1) is 11.2. The number of likely N-dealkylation sites (tertiary alicyclic amines) is 2. The number of aromatic nitrogens is 2. The van der Waals surface area contributed by atoms with E-state index >= 15 is 0 Å². The van der Waals surface area contributed by atoms with Crippen LogP contribution >= 0.6 is 0 Å². The molecule has 1 aromatic heterocycles. The van der Waals surface area contributed by atoms with Crippen molar-refractivity contribution < 1.29 is 22.5 Å². The normalized spacial score (nSPS) is 26.1. The lowest BCUT2D eigenvalue weighted by atomic mass is 9.78. The number of nitrogens with zero attached hydrogens (tertiary/aromatic N) is 4. The minimum Gasteiger partial charge on any atom is -0.340 e. The van der Waals surface area contributed by atoms with E-state index in [1.54, 1.807) is 0 Å². The van der Waals surface area contributed by atoms with Crippen LogP contribution in [0.4, 0.5) is 13.2 Å². The van der Waals surface area contributed by atoms with E-state index in [4.69, 9.17) is 4.52 Å². The van der Waals surface area contributed by atoms with Crippen LogP contribution in [0.25, 0.3) is 0 Å². The molecule has 1 aromatic rings. The lowest BCUT2D eigenvalue weighted by molar-refractivity contribution is -0.147. The predicted octanol–water partition coefficient (Wildman–Crippen LogP) is 2.31. The van der Waals surface area contributed by atoms with Crippen LogP contribution < -0.4 is 0 Å². The van der Waals surface area contributed by atoms with Gasteiger partial charge in [-0.1, -0.05) is 5.16 Å². The number of carbonyl (C=O) groups is 1. The predicted molar refractivity (Wildman–Crippen MR) is 77.7 cm³/mol. The molecule has 1 spiro atoms. The molecule has 2 saturated heterocycles. The monoisotopic (exact) mass is 346 g/mol. The number of halogens is 3. The maximum Gasteiger partial charge on any atom is 0.455 e. The van der Waals surface area contributed by atoms with Crippen LogP contribution in [0.1, 0.15) is 44.8 Å². The third kappa shape index (κ3) is 3.13. The van der Waals surface area contributed by atoms with Gasteiger partial charge in [0.25, 0.3) is 5.82 Å². The average molecular weight is 346 g/mol. The molecule has 2 aliphatic heterocycles. The minimum absolute atomic E-state index is 0.0663. The third-order valence-electron chi connectivity index (χ3n) is 4.91. The second-order valence-electron chi connectivity index (χ2n) is 6.95. The maximum absolute atomic E-state index is 12.8. The zero-order valence-electron chi connectivity index (χ0n) is 13.8. The highest BCUT2D eigenvalue weighted by molar-refractivity contribution is 5.84. The van der Waals surface area contributed by atoms with Crippen molar-refractivity contribution in [3.63, 3.8) is 0 Å². The molecule has 6 nitrogen and oxygen atoms in total. The van der Waals surface area contributed by atoms with Gasteiger partial charge in [-0.25, -0.2) is 0 Å². The summed E-state index contributed by atoms with van der Waals surface area (Å²) in [7, 11) is 0. The first kappa shape index (κ1) is 17.2. The van der Waals surface area contributed by atoms with E-state index in [9.17, 15) is 18.0 Å². The highest BCUT2D eigenvalue weighted by Gasteiger charge is 2.49. The molecule has 2 fully saturated rings. The van der Waals surface area contributed by atoms with Crippen molar-refractivity contribution in [1.29, 1.82) is 0 Å². The Morgan fingerprint density at radius 2 is 2.04 bits per heavy atom. The quantitative estimate of drug-likeness (QED) is 0.840. The molecule has 9 heteroatoms. The summed E-state index contributed by atoms with van der Waals surface area (Å²) in [6.07, 6.45) is -2.11. The van der Waals surface area contributed by atoms with Gasteiger partial charge < -0.3 is 9.42 Å². The highest BCUT2D eigenvalue weighted by Crippen LogP contribution is 2.41. The van der Waals surface area contributed by atoms with Gasteiger partial charge in [0, 0.05) is 19.1 Å². The number of hydrogen-bond donors (Lipinski definition) is 0. The Labute approximate surface area is 138 Å². The summed E-state index contributed by atoms with van der Waals surface area (Å²) in [6.45, 7) is 6.08. The largest absolute Gasteiger partial charge is 0.455 e. The number of alkyl halides is 3. The molecular formula is C15H21F3N4O2. The Morgan fingerprint density at radius 1 is 1.29 bits per heavy atom. The number of rotatable bonds is 3. The molecule has 0 radical (unpaired) electrons. The zero-order valence-corrected chi connectivity index (χ0v) is 13.8. The Morgan fingerprint density at radius 3 is 2.67 bits per heavy atom. The number of piperidine rings is 1. The summed E-state index contributed by atoms with van der Waals surface area (Å²) in [5, 5.41) is 2.97. The minimum atomic E-state index is -4.61. The van der Waals surface area contributed by atoms with Gasteiger partial charge in [-0.3, -0.25) is 9.69 Å². The molecular weight excluding hydrogens is 325 g/mol. The first-order valence-corrected chi connectivity index (χ1v) is 8.14. The Bertz CT molecular complexity index is 616. The molecule has 0 saturated carbocycles. The van der Waals surface area contributed by atoms with Crippen molar-refractivity contribution >= 4 is 5.91 Å². The number of carbonyl (C=O) groups excluding carboxylic acids is 1. The van der Waals surface area contributed by atoms with Crippen LogP contribution in [0, 0.1) is 5.41 Å². The fraction of sp³-hybridized carbons (Fsp3) is 0.800. The summed E-state index contributed by atoms with van der Waals surface area (Å²) in [5.74, 6) is -1.16. The molecule has 1 unspecified atom stereocenters. The molecule has 3 heterocycles. The Hall–Kier alpha value is -1.64. The van der Waals surface area contributed by atoms with Gasteiger partial charge in [0.2, 0.25) is 11.8 Å². The molecule has 0 aliphatic carbocycles. The summed E-state index contributed by atoms with van der Waals surface area (Å²) in [4.78, 5) is 20.1. The van der Waals surface area contributed by atoms with Gasteiger partial charge in [0.1, 0.15) is 0 Å². The van der Waals surface area contributed by atoms with E-state index < -0.39 is 17.4 Å². The van der Waals surface area contributed by atoms with Gasteiger partial charge in [-0.05, 0) is 39.7 Å². The first-order valence-electron chi connectivity index (χ1n) is 8.14. The van der Waals surface area contributed by atoms with E-state index in [2.05, 4.69) is 10.1 Å². The molecule has 1 amide bonds. The van der Waals surface area contributed by atoms with Gasteiger partial charge in [0.05, 0.1) is 12.0 Å². The third-order valence-corrected chi connectivity index (χ3v) is 4.91. The Kier molecular flexibility index (Phi) is 4.31. The number of hydrogen-bond acceptors (Lipinski definition) is 5. The molecule has 1 atom stereocenters. The van der Waals surface area contributed by atoms with Crippen LogP contribution in [0.5, 0.6) is 0 Å². The van der Waals surface area contributed by atoms with Crippen LogP contribution in [0.2, 0.25) is 0 Å². The summed E-state index contributed by atoms with van der Waals surface area (Å²) >= 11 is 0. The lowest BCUT2D eigenvalue weighted by Gasteiger charge is -2.41. The lowest BCUT2D eigenvalue weighted by Crippen LogP contribution is -2.52. The van der Waals surface area contributed by atoms with E-state index in [-0.39, 0.29) is 24.4 Å². The topological polar surface area (TPSA) is 62.5 Å². The summed E-state index contributed by atoms with van der Waals surface area (Å²) in [5.41, 5.74) is -0.421. The van der Waals surface area contributed by atoms with Gasteiger partial charge in [-0.15, -0.1) is 0 Å². The maximum atomic E-state index is 12.8. The molecule has 3 rings (SSSR count). The van der Waals surface area contributed by atoms with Crippen molar-refractivity contribution in [3.05, 3.63) is 11.7 Å². The molecule has 24 heavy (non-hydrogen) atoms. The fourth-order valence-corrected chi connectivity index (χ4v) is 3.69. The number of amides is 1. The smallest absolute Gasteiger partial charge is 0.340 e. The Balaban J connectivity index is 1.67. The zero-order chi connectivity index (χ0) is 17.5. The molecule has 134 valence electrons. The van der Waals surface area contributed by atoms with Crippen molar-refractivity contribution in [3.8, 4) is 0 Å². The fourth-order valence-electron chi connectivity index (χ4n) is 3.69. The van der Waals surface area contributed by atoms with Gasteiger partial charge in [-0.2, -0.15) is 18.2 Å². The van der Waals surface area contributed by atoms with E-state index in [0.29, 0.717) is 13.1 Å². The standard InChI is InChI=1S/C15H21F3N4O2/c1-10(2)22-6-3-4-14(13(22)23)5-7-21(9-14)8-11-19-12(20-24-11)15(16,17)18/h10H,3-9H2,1-2H3. The molecule has 0 N–H and O–H groups in total. The second kappa shape index (κ2) is 6.02. The van der Waals surface area contributed by atoms with Crippen molar-refractivity contribution in [1.82, 2.24) is 19.9 Å². The van der Waals surface area contributed by atoms with Crippen LogP contribution in [-0.2, 0) is 17.5 Å². The SMILES string of the molecule is CC(C)N1CCCC2(CCN(Cc3nc(C(F)(F)F)no3)C2)C1=O. The highest BCUT2D eigenvalue weighted by atomic mass is 19.4. The van der Waals surface area contributed by atoms with Crippen molar-refractivity contribution in [2.45, 2.75) is 51.9 Å². The van der Waals surface area contributed by atoms with Gasteiger partial charge in [0.15, 0.2) is 0 Å². The summed E-state index contributed by atoms with van der Waals surface area (Å²) < 4.78 is 42.3. The van der Waals surface area contributed by atoms with Gasteiger partial charge >= 0.3 is 6.18 Å². The van der Waals surface area contributed by atoms with E-state index in [1.165, 1.54) is 0 Å². The van der Waals surface area contributed by atoms with E-state index in [1.807, 2.05) is 23.6 Å².